The van der Waals surface area contributed by atoms with Crippen molar-refractivity contribution < 1.29 is 8.42 Å². The van der Waals surface area contributed by atoms with Crippen LogP contribution in [0.15, 0.2) is 58.4 Å². The molecule has 0 saturated carbocycles. The van der Waals surface area contributed by atoms with Crippen LogP contribution in [0.25, 0.3) is 0 Å². The van der Waals surface area contributed by atoms with Gasteiger partial charge in [-0.15, -0.1) is 24.0 Å². The Morgan fingerprint density at radius 3 is 1.93 bits per heavy atom. The van der Waals surface area contributed by atoms with Crippen LogP contribution in [0.2, 0.25) is 5.02 Å². The fourth-order valence-electron chi connectivity index (χ4n) is 3.05. The summed E-state index contributed by atoms with van der Waals surface area (Å²) in [5, 5.41) is 7.18. The molecule has 0 atom stereocenters. The van der Waals surface area contributed by atoms with E-state index in [1.165, 1.54) is 0 Å². The van der Waals surface area contributed by atoms with Crippen molar-refractivity contribution in [3.63, 3.8) is 0 Å². The van der Waals surface area contributed by atoms with E-state index in [1.807, 2.05) is 36.4 Å². The minimum absolute atomic E-state index is 0. The first-order chi connectivity index (χ1) is 13.5. The third kappa shape index (κ3) is 6.56. The van der Waals surface area contributed by atoms with Crippen LogP contribution in [-0.4, -0.2) is 38.8 Å². The number of hydrogen-bond donors (Lipinski definition) is 2. The summed E-state index contributed by atoms with van der Waals surface area (Å²) in [6, 6.07) is 14.7. The number of guanidine groups is 1. The Morgan fingerprint density at radius 2 is 1.45 bits per heavy atom. The molecular formula is C20H26ClIN4O2S. The number of aliphatic imine (C=N–C) groups is 1. The Labute approximate surface area is 194 Å². The van der Waals surface area contributed by atoms with Crippen molar-refractivity contribution in [3.05, 3.63) is 64.7 Å². The molecule has 0 amide bonds. The van der Waals surface area contributed by atoms with Crippen molar-refractivity contribution >= 4 is 51.6 Å². The van der Waals surface area contributed by atoms with Gasteiger partial charge in [0, 0.05) is 38.2 Å². The number of nitrogens with zero attached hydrogens (tertiary/aromatic N) is 2. The van der Waals surface area contributed by atoms with Gasteiger partial charge in [-0.1, -0.05) is 35.9 Å². The maximum Gasteiger partial charge on any atom is 0.243 e. The number of hydrogen-bond acceptors (Lipinski definition) is 3. The van der Waals surface area contributed by atoms with Gasteiger partial charge in [0.05, 0.1) is 4.90 Å². The molecule has 0 aliphatic carbocycles. The molecule has 2 N–H and O–H groups in total. The van der Waals surface area contributed by atoms with E-state index in [-0.39, 0.29) is 24.0 Å². The predicted molar refractivity (Wildman–Crippen MR) is 128 cm³/mol. The number of benzene rings is 2. The van der Waals surface area contributed by atoms with Crippen LogP contribution >= 0.6 is 35.6 Å². The summed E-state index contributed by atoms with van der Waals surface area (Å²) >= 11 is 5.90. The highest BCUT2D eigenvalue weighted by molar-refractivity contribution is 14.0. The maximum atomic E-state index is 12.6. The lowest BCUT2D eigenvalue weighted by Crippen LogP contribution is -2.36. The largest absolute Gasteiger partial charge is 0.352 e. The summed E-state index contributed by atoms with van der Waals surface area (Å²) in [5.41, 5.74) is 2.08. The molecule has 0 aromatic heterocycles. The Morgan fingerprint density at radius 1 is 0.966 bits per heavy atom. The zero-order valence-corrected chi connectivity index (χ0v) is 20.2. The molecule has 2 aromatic rings. The molecule has 158 valence electrons. The highest BCUT2D eigenvalue weighted by atomic mass is 127. The average Bonchev–Trinajstić information content (AvgIpc) is 3.25. The highest BCUT2D eigenvalue weighted by Gasteiger charge is 2.26. The summed E-state index contributed by atoms with van der Waals surface area (Å²) < 4.78 is 26.7. The van der Waals surface area contributed by atoms with Crippen LogP contribution in [0.3, 0.4) is 0 Å². The van der Waals surface area contributed by atoms with Crippen LogP contribution in [0, 0.1) is 0 Å². The Kier molecular flexibility index (Phi) is 9.19. The lowest BCUT2D eigenvalue weighted by Gasteiger charge is -2.16. The summed E-state index contributed by atoms with van der Waals surface area (Å²) in [5.74, 6) is 0.670. The monoisotopic (exact) mass is 548 g/mol. The van der Waals surface area contributed by atoms with Crippen molar-refractivity contribution in [2.45, 2.75) is 30.8 Å². The topological polar surface area (TPSA) is 73.8 Å². The van der Waals surface area contributed by atoms with E-state index in [0.29, 0.717) is 42.1 Å². The first-order valence-electron chi connectivity index (χ1n) is 9.27. The van der Waals surface area contributed by atoms with Gasteiger partial charge in [-0.3, -0.25) is 4.99 Å². The van der Waals surface area contributed by atoms with Crippen LogP contribution < -0.4 is 10.6 Å². The normalized spacial score (nSPS) is 15.0. The second-order valence-corrected chi connectivity index (χ2v) is 9.04. The number of halogens is 2. The third-order valence-electron chi connectivity index (χ3n) is 4.68. The van der Waals surface area contributed by atoms with Crippen LogP contribution in [0.5, 0.6) is 0 Å². The fourth-order valence-corrected chi connectivity index (χ4v) is 4.69. The minimum atomic E-state index is -3.37. The first kappa shape index (κ1) is 23.9. The van der Waals surface area contributed by atoms with E-state index in [1.54, 1.807) is 23.5 Å². The maximum absolute atomic E-state index is 12.6. The lowest BCUT2D eigenvalue weighted by molar-refractivity contribution is 0.477. The van der Waals surface area contributed by atoms with E-state index in [4.69, 9.17) is 11.6 Å². The summed E-state index contributed by atoms with van der Waals surface area (Å²) in [6.07, 6.45) is 1.87. The quantitative estimate of drug-likeness (QED) is 0.329. The van der Waals surface area contributed by atoms with Crippen molar-refractivity contribution in [3.8, 4) is 0 Å². The van der Waals surface area contributed by atoms with Gasteiger partial charge in [-0.25, -0.2) is 8.42 Å². The number of rotatable bonds is 6. The zero-order valence-electron chi connectivity index (χ0n) is 16.3. The van der Waals surface area contributed by atoms with Crippen LogP contribution in [-0.2, 0) is 23.1 Å². The highest BCUT2D eigenvalue weighted by Crippen LogP contribution is 2.21. The SMILES string of the molecule is CN=C(NCc1ccc(Cl)cc1)NCc1ccc(S(=O)(=O)N2CCCC2)cc1.I. The van der Waals surface area contributed by atoms with E-state index in [9.17, 15) is 8.42 Å². The third-order valence-corrected chi connectivity index (χ3v) is 6.85. The van der Waals surface area contributed by atoms with Crippen molar-refractivity contribution in [2.75, 3.05) is 20.1 Å². The summed E-state index contributed by atoms with van der Waals surface area (Å²) in [4.78, 5) is 4.56. The molecular weight excluding hydrogens is 523 g/mol. The Bertz CT molecular complexity index is 913. The average molecular weight is 549 g/mol. The molecule has 1 aliphatic rings. The first-order valence-corrected chi connectivity index (χ1v) is 11.1. The number of nitrogens with one attached hydrogen (secondary N) is 2. The summed E-state index contributed by atoms with van der Waals surface area (Å²) in [7, 11) is -1.66. The van der Waals surface area contributed by atoms with Gasteiger partial charge < -0.3 is 10.6 Å². The van der Waals surface area contributed by atoms with Crippen molar-refractivity contribution in [1.29, 1.82) is 0 Å². The molecule has 1 heterocycles. The van der Waals surface area contributed by atoms with Crippen molar-refractivity contribution in [1.82, 2.24) is 14.9 Å². The molecule has 29 heavy (non-hydrogen) atoms. The molecule has 1 fully saturated rings. The van der Waals surface area contributed by atoms with Gasteiger partial charge in [-0.2, -0.15) is 4.31 Å². The van der Waals surface area contributed by atoms with Gasteiger partial charge >= 0.3 is 0 Å². The summed E-state index contributed by atoms with van der Waals surface area (Å²) in [6.45, 7) is 2.40. The van der Waals surface area contributed by atoms with Crippen LogP contribution in [0.1, 0.15) is 24.0 Å². The zero-order chi connectivity index (χ0) is 20.0. The molecule has 0 radical (unpaired) electrons. The molecule has 9 heteroatoms. The Hall–Kier alpha value is -1.36. The van der Waals surface area contributed by atoms with E-state index in [0.717, 1.165) is 24.0 Å². The van der Waals surface area contributed by atoms with Crippen LogP contribution in [0.4, 0.5) is 0 Å². The molecule has 1 saturated heterocycles. The second-order valence-electron chi connectivity index (χ2n) is 6.66. The molecule has 2 aromatic carbocycles. The standard InChI is InChI=1S/C20H25ClN4O2S.HI/c1-22-20(23-14-16-4-8-18(21)9-5-16)24-15-17-6-10-19(11-7-17)28(26,27)25-12-2-3-13-25;/h4-11H,2-3,12-15H2,1H3,(H2,22,23,24);1H. The van der Waals surface area contributed by atoms with E-state index >= 15 is 0 Å². The molecule has 6 nitrogen and oxygen atoms in total. The van der Waals surface area contributed by atoms with Gasteiger partial charge in [0.15, 0.2) is 5.96 Å². The molecule has 0 unspecified atom stereocenters. The second kappa shape index (κ2) is 11.1. The van der Waals surface area contributed by atoms with Gasteiger partial charge in [0.2, 0.25) is 10.0 Å². The lowest BCUT2D eigenvalue weighted by atomic mass is 10.2. The van der Waals surface area contributed by atoms with Gasteiger partial charge in [0.25, 0.3) is 0 Å². The van der Waals surface area contributed by atoms with E-state index in [2.05, 4.69) is 15.6 Å². The number of sulfonamides is 1. The molecule has 0 bridgehead atoms. The van der Waals surface area contributed by atoms with Gasteiger partial charge in [-0.05, 0) is 48.2 Å². The molecule has 0 spiro atoms. The minimum Gasteiger partial charge on any atom is -0.352 e. The van der Waals surface area contributed by atoms with Crippen molar-refractivity contribution in [2.24, 2.45) is 4.99 Å². The van der Waals surface area contributed by atoms with E-state index < -0.39 is 10.0 Å². The van der Waals surface area contributed by atoms with Gasteiger partial charge in [0.1, 0.15) is 0 Å². The smallest absolute Gasteiger partial charge is 0.243 e. The Balaban J connectivity index is 0.00000300. The fraction of sp³-hybridized carbons (Fsp3) is 0.350. The molecule has 3 rings (SSSR count). The molecule has 1 aliphatic heterocycles. The predicted octanol–water partition coefficient (Wildman–Crippen LogP) is 3.61.